The van der Waals surface area contributed by atoms with Crippen molar-refractivity contribution in [3.63, 3.8) is 0 Å². The molecule has 0 amide bonds. The summed E-state index contributed by atoms with van der Waals surface area (Å²) in [4.78, 5) is 12.3. The third kappa shape index (κ3) is 2.29. The fourth-order valence-corrected chi connectivity index (χ4v) is 4.24. The van der Waals surface area contributed by atoms with Gasteiger partial charge in [-0.15, -0.1) is 0 Å². The standard InChI is InChI=1S/C15H26O4/c1-4-19-12(16)14-7-5-8-15(14,18)11(6-9-14)10-13(2,3)17/h11,17-18H,4-10H2,1-3H3/t11-,14-,15-/m1/s1. The van der Waals surface area contributed by atoms with Gasteiger partial charge in [0.15, 0.2) is 0 Å². The Morgan fingerprint density at radius 1 is 1.37 bits per heavy atom. The molecule has 0 aromatic carbocycles. The molecule has 2 aliphatic rings. The summed E-state index contributed by atoms with van der Waals surface area (Å²) in [6.45, 7) is 5.67. The topological polar surface area (TPSA) is 66.8 Å². The van der Waals surface area contributed by atoms with Crippen molar-refractivity contribution >= 4 is 5.97 Å². The predicted octanol–water partition coefficient (Wildman–Crippen LogP) is 2.02. The summed E-state index contributed by atoms with van der Waals surface area (Å²) in [6, 6.07) is 0. The molecule has 2 rings (SSSR count). The summed E-state index contributed by atoms with van der Waals surface area (Å²) in [5, 5.41) is 21.1. The number of aliphatic hydroxyl groups is 2. The van der Waals surface area contributed by atoms with E-state index in [1.54, 1.807) is 20.8 Å². The average Bonchev–Trinajstić information content (AvgIpc) is 2.73. The van der Waals surface area contributed by atoms with E-state index in [0.29, 0.717) is 32.3 Å². The van der Waals surface area contributed by atoms with Gasteiger partial charge in [-0.1, -0.05) is 0 Å². The average molecular weight is 270 g/mol. The number of hydrogen-bond acceptors (Lipinski definition) is 4. The molecule has 0 aromatic rings. The van der Waals surface area contributed by atoms with Gasteiger partial charge in [-0.25, -0.2) is 0 Å². The molecule has 0 aromatic heterocycles. The maximum Gasteiger partial charge on any atom is 0.315 e. The lowest BCUT2D eigenvalue weighted by molar-refractivity contribution is -0.172. The van der Waals surface area contributed by atoms with Gasteiger partial charge >= 0.3 is 5.97 Å². The lowest BCUT2D eigenvalue weighted by Gasteiger charge is -2.39. The molecule has 0 heterocycles. The Kier molecular flexibility index (Phi) is 3.69. The van der Waals surface area contributed by atoms with E-state index in [0.717, 1.165) is 12.8 Å². The number of carbonyl (C=O) groups is 1. The zero-order valence-corrected chi connectivity index (χ0v) is 12.2. The molecule has 2 N–H and O–H groups in total. The maximum atomic E-state index is 12.3. The van der Waals surface area contributed by atoms with Gasteiger partial charge in [0.2, 0.25) is 0 Å². The number of hydrogen-bond donors (Lipinski definition) is 2. The van der Waals surface area contributed by atoms with E-state index >= 15 is 0 Å². The highest BCUT2D eigenvalue weighted by atomic mass is 16.5. The molecule has 0 radical (unpaired) electrons. The first-order chi connectivity index (χ1) is 8.75. The van der Waals surface area contributed by atoms with Crippen LogP contribution in [0.4, 0.5) is 0 Å². The van der Waals surface area contributed by atoms with Gasteiger partial charge in [0.05, 0.1) is 23.2 Å². The summed E-state index contributed by atoms with van der Waals surface area (Å²) >= 11 is 0. The Hall–Kier alpha value is -0.610. The van der Waals surface area contributed by atoms with E-state index in [2.05, 4.69) is 0 Å². The van der Waals surface area contributed by atoms with Gasteiger partial charge < -0.3 is 14.9 Å². The molecule has 0 saturated heterocycles. The van der Waals surface area contributed by atoms with Gasteiger partial charge in [-0.05, 0) is 65.2 Å². The van der Waals surface area contributed by atoms with Crippen LogP contribution in [0.1, 0.15) is 59.3 Å². The fraction of sp³-hybridized carbons (Fsp3) is 0.933. The molecule has 4 heteroatoms. The van der Waals surface area contributed by atoms with E-state index in [1.807, 2.05) is 0 Å². The van der Waals surface area contributed by atoms with Crippen molar-refractivity contribution in [2.75, 3.05) is 6.61 Å². The van der Waals surface area contributed by atoms with Crippen molar-refractivity contribution in [2.45, 2.75) is 70.5 Å². The first kappa shape index (κ1) is 14.8. The highest BCUT2D eigenvalue weighted by Gasteiger charge is 2.66. The van der Waals surface area contributed by atoms with Crippen LogP contribution in [0.25, 0.3) is 0 Å². The van der Waals surface area contributed by atoms with E-state index in [9.17, 15) is 15.0 Å². The second-order valence-electron chi connectivity index (χ2n) is 6.83. The van der Waals surface area contributed by atoms with Crippen molar-refractivity contribution in [2.24, 2.45) is 11.3 Å². The van der Waals surface area contributed by atoms with E-state index < -0.39 is 16.6 Å². The first-order valence-electron chi connectivity index (χ1n) is 7.37. The van der Waals surface area contributed by atoms with Crippen molar-refractivity contribution in [3.05, 3.63) is 0 Å². The monoisotopic (exact) mass is 270 g/mol. The zero-order valence-electron chi connectivity index (χ0n) is 12.2. The van der Waals surface area contributed by atoms with E-state index in [1.165, 1.54) is 0 Å². The second-order valence-corrected chi connectivity index (χ2v) is 6.83. The third-order valence-electron chi connectivity index (χ3n) is 5.00. The highest BCUT2D eigenvalue weighted by Crippen LogP contribution is 2.61. The van der Waals surface area contributed by atoms with Crippen LogP contribution < -0.4 is 0 Å². The van der Waals surface area contributed by atoms with Crippen LogP contribution in [0, 0.1) is 11.3 Å². The molecule has 19 heavy (non-hydrogen) atoms. The normalized spacial score (nSPS) is 38.3. The smallest absolute Gasteiger partial charge is 0.315 e. The van der Waals surface area contributed by atoms with Crippen molar-refractivity contribution in [1.29, 1.82) is 0 Å². The molecular weight excluding hydrogens is 244 g/mol. The molecule has 2 fully saturated rings. The molecule has 0 spiro atoms. The zero-order chi connectivity index (χ0) is 14.3. The Labute approximate surface area is 115 Å². The predicted molar refractivity (Wildman–Crippen MR) is 71.5 cm³/mol. The Morgan fingerprint density at radius 3 is 2.63 bits per heavy atom. The Balaban J connectivity index is 2.25. The van der Waals surface area contributed by atoms with Crippen LogP contribution in [-0.2, 0) is 9.53 Å². The Morgan fingerprint density at radius 2 is 2.05 bits per heavy atom. The Bertz CT molecular complexity index is 360. The number of fused-ring (bicyclic) bond motifs is 1. The van der Waals surface area contributed by atoms with Crippen LogP contribution in [0.2, 0.25) is 0 Å². The molecular formula is C15H26O4. The van der Waals surface area contributed by atoms with Crippen molar-refractivity contribution < 1.29 is 19.7 Å². The van der Waals surface area contributed by atoms with Gasteiger partial charge in [-0.3, -0.25) is 4.79 Å². The highest BCUT2D eigenvalue weighted by molar-refractivity contribution is 5.79. The lowest BCUT2D eigenvalue weighted by atomic mass is 9.72. The summed E-state index contributed by atoms with van der Waals surface area (Å²) in [5.74, 6) is -0.257. The summed E-state index contributed by atoms with van der Waals surface area (Å²) in [5.41, 5.74) is -2.52. The van der Waals surface area contributed by atoms with E-state index in [-0.39, 0.29) is 11.9 Å². The van der Waals surface area contributed by atoms with Crippen molar-refractivity contribution in [1.82, 2.24) is 0 Å². The number of rotatable bonds is 4. The van der Waals surface area contributed by atoms with Crippen LogP contribution >= 0.6 is 0 Å². The summed E-state index contributed by atoms with van der Waals surface area (Å²) in [7, 11) is 0. The lowest BCUT2D eigenvalue weighted by Crippen LogP contribution is -2.50. The van der Waals surface area contributed by atoms with Crippen LogP contribution in [0.5, 0.6) is 0 Å². The minimum Gasteiger partial charge on any atom is -0.465 e. The van der Waals surface area contributed by atoms with E-state index in [4.69, 9.17) is 4.74 Å². The molecule has 2 saturated carbocycles. The van der Waals surface area contributed by atoms with Crippen LogP contribution in [0.15, 0.2) is 0 Å². The van der Waals surface area contributed by atoms with Gasteiger partial charge in [-0.2, -0.15) is 0 Å². The third-order valence-corrected chi connectivity index (χ3v) is 5.00. The molecule has 4 nitrogen and oxygen atoms in total. The summed E-state index contributed by atoms with van der Waals surface area (Å²) < 4.78 is 5.21. The van der Waals surface area contributed by atoms with Crippen LogP contribution in [-0.4, -0.2) is 34.0 Å². The number of ether oxygens (including phenoxy) is 1. The number of esters is 1. The maximum absolute atomic E-state index is 12.3. The molecule has 3 atom stereocenters. The molecule has 0 aliphatic heterocycles. The molecule has 0 unspecified atom stereocenters. The van der Waals surface area contributed by atoms with Gasteiger partial charge in [0, 0.05) is 0 Å². The molecule has 2 aliphatic carbocycles. The SMILES string of the molecule is CCOC(=O)[C@]12CCC[C@@]1(O)[C@@H](CC(C)(C)O)CC2. The minimum absolute atomic E-state index is 0.0144. The first-order valence-corrected chi connectivity index (χ1v) is 7.37. The fourth-order valence-electron chi connectivity index (χ4n) is 4.24. The second kappa shape index (κ2) is 4.74. The van der Waals surface area contributed by atoms with Crippen LogP contribution in [0.3, 0.4) is 0 Å². The van der Waals surface area contributed by atoms with Gasteiger partial charge in [0.1, 0.15) is 0 Å². The van der Waals surface area contributed by atoms with Gasteiger partial charge in [0.25, 0.3) is 0 Å². The summed E-state index contributed by atoms with van der Waals surface area (Å²) in [6.07, 6.45) is 4.22. The quantitative estimate of drug-likeness (QED) is 0.767. The largest absolute Gasteiger partial charge is 0.465 e. The molecule has 110 valence electrons. The number of carbonyl (C=O) groups excluding carboxylic acids is 1. The minimum atomic E-state index is -0.987. The molecule has 0 bridgehead atoms. The van der Waals surface area contributed by atoms with Crippen molar-refractivity contribution in [3.8, 4) is 0 Å².